The Hall–Kier alpha value is -7.94. The SMILES string of the molecule is c1ccc(-c2ccc(-n3c4ccc(-c5ccc6c(c5)c5ccccc5n6-c5cccc(-c6ccccc6)c5)cc4c4ccc(-c5ccc6ccccc6c5)cc43)cc2)cc1. The van der Waals surface area contributed by atoms with Gasteiger partial charge < -0.3 is 9.13 Å². The van der Waals surface area contributed by atoms with Crippen LogP contribution in [-0.4, -0.2) is 9.13 Å². The summed E-state index contributed by atoms with van der Waals surface area (Å²) in [5.74, 6) is 0. The number of nitrogens with zero attached hydrogens (tertiary/aromatic N) is 2. The lowest BCUT2D eigenvalue weighted by atomic mass is 9.98. The van der Waals surface area contributed by atoms with E-state index in [1.807, 2.05) is 0 Å². The van der Waals surface area contributed by atoms with Gasteiger partial charge in [0.2, 0.25) is 0 Å². The van der Waals surface area contributed by atoms with Crippen LogP contribution < -0.4 is 0 Å². The van der Waals surface area contributed by atoms with Crippen molar-refractivity contribution in [2.45, 2.75) is 0 Å². The maximum absolute atomic E-state index is 2.44. The van der Waals surface area contributed by atoms with Crippen LogP contribution >= 0.6 is 0 Å². The predicted molar refractivity (Wildman–Crippen MR) is 254 cm³/mol. The Bertz CT molecular complexity index is 3570. The molecule has 0 aliphatic rings. The molecule has 0 saturated heterocycles. The summed E-state index contributed by atoms with van der Waals surface area (Å²) in [6, 6.07) is 84.3. The number of para-hydroxylation sites is 1. The van der Waals surface area contributed by atoms with E-state index in [0.29, 0.717) is 0 Å². The van der Waals surface area contributed by atoms with E-state index in [0.717, 1.165) is 11.4 Å². The lowest BCUT2D eigenvalue weighted by Crippen LogP contribution is -1.94. The van der Waals surface area contributed by atoms with Gasteiger partial charge in [-0.2, -0.15) is 0 Å². The molecule has 0 amide bonds. The van der Waals surface area contributed by atoms with Crippen molar-refractivity contribution in [3.63, 3.8) is 0 Å². The molecular formula is C58H38N2. The van der Waals surface area contributed by atoms with Gasteiger partial charge >= 0.3 is 0 Å². The van der Waals surface area contributed by atoms with Crippen LogP contribution in [0.5, 0.6) is 0 Å². The van der Waals surface area contributed by atoms with Crippen molar-refractivity contribution in [1.82, 2.24) is 9.13 Å². The smallest absolute Gasteiger partial charge is 0.0547 e. The van der Waals surface area contributed by atoms with Crippen LogP contribution in [0.4, 0.5) is 0 Å². The van der Waals surface area contributed by atoms with Gasteiger partial charge in [-0.25, -0.2) is 0 Å². The first-order valence-corrected chi connectivity index (χ1v) is 20.7. The average Bonchev–Trinajstić information content (AvgIpc) is 3.84. The summed E-state index contributed by atoms with van der Waals surface area (Å²) in [5, 5.41) is 7.46. The Morgan fingerprint density at radius 3 is 1.40 bits per heavy atom. The van der Waals surface area contributed by atoms with Gasteiger partial charge in [0, 0.05) is 32.9 Å². The highest BCUT2D eigenvalue weighted by atomic mass is 15.0. The standard InChI is InChI=1S/C58H38N2/c1-3-12-39(13-4-1)42-24-29-49(30-25-42)59-56-32-27-47(37-54(56)52-31-26-48(38-58(52)59)45-23-22-41-16-7-8-17-43(41)34-45)46-28-33-57-53(36-46)51-20-9-10-21-55(51)60(57)50-19-11-18-44(35-50)40-14-5-2-6-15-40/h1-38H. The van der Waals surface area contributed by atoms with Crippen LogP contribution in [0, 0.1) is 0 Å². The molecule has 0 N–H and O–H groups in total. The minimum atomic E-state index is 1.14. The third-order valence-corrected chi connectivity index (χ3v) is 12.3. The Morgan fingerprint density at radius 1 is 0.200 bits per heavy atom. The molecule has 0 unspecified atom stereocenters. The van der Waals surface area contributed by atoms with Crippen LogP contribution in [0.1, 0.15) is 0 Å². The normalized spacial score (nSPS) is 11.7. The van der Waals surface area contributed by atoms with Crippen molar-refractivity contribution in [2.24, 2.45) is 0 Å². The van der Waals surface area contributed by atoms with E-state index in [-0.39, 0.29) is 0 Å². The molecule has 0 radical (unpaired) electrons. The predicted octanol–water partition coefficient (Wildman–Crippen LogP) is 15.7. The Labute approximate surface area is 348 Å². The second kappa shape index (κ2) is 13.9. The van der Waals surface area contributed by atoms with E-state index in [2.05, 4.69) is 240 Å². The molecule has 12 aromatic rings. The maximum Gasteiger partial charge on any atom is 0.0547 e. The summed E-state index contributed by atoms with van der Waals surface area (Å²) < 4.78 is 4.85. The molecule has 0 fully saturated rings. The first-order chi connectivity index (χ1) is 29.7. The molecule has 2 aromatic heterocycles. The average molecular weight is 763 g/mol. The van der Waals surface area contributed by atoms with E-state index < -0.39 is 0 Å². The van der Waals surface area contributed by atoms with Gasteiger partial charge in [0.05, 0.1) is 22.1 Å². The molecular weight excluding hydrogens is 725 g/mol. The zero-order valence-electron chi connectivity index (χ0n) is 32.8. The van der Waals surface area contributed by atoms with Crippen molar-refractivity contribution in [3.05, 3.63) is 231 Å². The van der Waals surface area contributed by atoms with Crippen LogP contribution in [0.25, 0.3) is 110 Å². The molecule has 0 aliphatic heterocycles. The zero-order valence-corrected chi connectivity index (χ0v) is 32.8. The number of fused-ring (bicyclic) bond motifs is 7. The van der Waals surface area contributed by atoms with E-state index >= 15 is 0 Å². The monoisotopic (exact) mass is 762 g/mol. The summed E-state index contributed by atoms with van der Waals surface area (Å²) in [5.41, 5.74) is 16.7. The Morgan fingerprint density at radius 2 is 0.667 bits per heavy atom. The largest absolute Gasteiger partial charge is 0.309 e. The molecule has 2 nitrogen and oxygen atoms in total. The third-order valence-electron chi connectivity index (χ3n) is 12.3. The fraction of sp³-hybridized carbons (Fsp3) is 0. The molecule has 12 rings (SSSR count). The molecule has 0 saturated carbocycles. The van der Waals surface area contributed by atoms with Crippen LogP contribution in [0.2, 0.25) is 0 Å². The molecule has 2 heteroatoms. The number of aromatic nitrogens is 2. The highest BCUT2D eigenvalue weighted by Gasteiger charge is 2.17. The van der Waals surface area contributed by atoms with Gasteiger partial charge in [-0.05, 0) is 122 Å². The summed E-state index contributed by atoms with van der Waals surface area (Å²) >= 11 is 0. The number of benzene rings is 10. The van der Waals surface area contributed by atoms with Gasteiger partial charge in [-0.15, -0.1) is 0 Å². The van der Waals surface area contributed by atoms with E-state index in [4.69, 9.17) is 0 Å². The van der Waals surface area contributed by atoms with Gasteiger partial charge in [-0.1, -0.05) is 164 Å². The zero-order chi connectivity index (χ0) is 39.6. The van der Waals surface area contributed by atoms with Crippen molar-refractivity contribution in [3.8, 4) is 55.9 Å². The number of hydrogen-bond acceptors (Lipinski definition) is 0. The molecule has 0 atom stereocenters. The van der Waals surface area contributed by atoms with Crippen LogP contribution in [0.15, 0.2) is 231 Å². The summed E-state index contributed by atoms with van der Waals surface area (Å²) in [4.78, 5) is 0. The van der Waals surface area contributed by atoms with Crippen LogP contribution in [-0.2, 0) is 0 Å². The lowest BCUT2D eigenvalue weighted by molar-refractivity contribution is 1.18. The summed E-state index contributed by atoms with van der Waals surface area (Å²) in [6.45, 7) is 0. The minimum absolute atomic E-state index is 1.14. The number of hydrogen-bond donors (Lipinski definition) is 0. The van der Waals surface area contributed by atoms with Crippen molar-refractivity contribution in [1.29, 1.82) is 0 Å². The van der Waals surface area contributed by atoms with E-state index in [1.54, 1.807) is 0 Å². The van der Waals surface area contributed by atoms with Gasteiger partial charge in [0.15, 0.2) is 0 Å². The second-order valence-corrected chi connectivity index (χ2v) is 15.8. The first-order valence-electron chi connectivity index (χ1n) is 20.7. The van der Waals surface area contributed by atoms with Crippen molar-refractivity contribution in [2.75, 3.05) is 0 Å². The van der Waals surface area contributed by atoms with Gasteiger partial charge in [-0.3, -0.25) is 0 Å². The molecule has 0 spiro atoms. The molecule has 280 valence electrons. The molecule has 10 aromatic carbocycles. The quantitative estimate of drug-likeness (QED) is 0.160. The second-order valence-electron chi connectivity index (χ2n) is 15.8. The van der Waals surface area contributed by atoms with Crippen molar-refractivity contribution >= 4 is 54.4 Å². The summed E-state index contributed by atoms with van der Waals surface area (Å²) in [6.07, 6.45) is 0. The van der Waals surface area contributed by atoms with Gasteiger partial charge in [0.1, 0.15) is 0 Å². The lowest BCUT2D eigenvalue weighted by Gasteiger charge is -2.11. The highest BCUT2D eigenvalue weighted by molar-refractivity contribution is 6.13. The molecule has 0 bridgehead atoms. The highest BCUT2D eigenvalue weighted by Crippen LogP contribution is 2.40. The fourth-order valence-electron chi connectivity index (χ4n) is 9.35. The minimum Gasteiger partial charge on any atom is -0.309 e. The molecule has 2 heterocycles. The number of rotatable bonds is 6. The third kappa shape index (κ3) is 5.65. The fourth-order valence-corrected chi connectivity index (χ4v) is 9.35. The van der Waals surface area contributed by atoms with Crippen LogP contribution in [0.3, 0.4) is 0 Å². The van der Waals surface area contributed by atoms with Crippen molar-refractivity contribution < 1.29 is 0 Å². The first kappa shape index (κ1) is 34.1. The molecule has 0 aliphatic carbocycles. The maximum atomic E-state index is 2.44. The van der Waals surface area contributed by atoms with Gasteiger partial charge in [0.25, 0.3) is 0 Å². The molecule has 60 heavy (non-hydrogen) atoms. The summed E-state index contributed by atoms with van der Waals surface area (Å²) in [7, 11) is 0. The Balaban J connectivity index is 1.01. The Kier molecular flexibility index (Phi) is 7.89. The topological polar surface area (TPSA) is 9.86 Å². The van der Waals surface area contributed by atoms with E-state index in [1.165, 1.54) is 98.9 Å². The van der Waals surface area contributed by atoms with E-state index in [9.17, 15) is 0 Å².